The van der Waals surface area contributed by atoms with Crippen LogP contribution in [0.1, 0.15) is 27.2 Å². The molecule has 2 atom stereocenters. The van der Waals surface area contributed by atoms with E-state index in [1.165, 1.54) is 0 Å². The molecule has 0 bridgehead atoms. The SMILES string of the molecule is CCNC(C#N)C(C)CC. The lowest BCUT2D eigenvalue weighted by Gasteiger charge is -2.15. The lowest BCUT2D eigenvalue weighted by Crippen LogP contribution is -2.32. The molecule has 0 aliphatic rings. The summed E-state index contributed by atoms with van der Waals surface area (Å²) in [5.74, 6) is 0.463. The van der Waals surface area contributed by atoms with Crippen LogP contribution in [-0.2, 0) is 0 Å². The molecule has 1 N–H and O–H groups in total. The van der Waals surface area contributed by atoms with Gasteiger partial charge in [0.1, 0.15) is 0 Å². The topological polar surface area (TPSA) is 35.8 Å². The molecule has 0 amide bonds. The average molecular weight is 140 g/mol. The summed E-state index contributed by atoms with van der Waals surface area (Å²) in [7, 11) is 0. The molecular formula is C8H16N2. The maximum atomic E-state index is 8.65. The first kappa shape index (κ1) is 9.45. The Hall–Kier alpha value is -0.550. The van der Waals surface area contributed by atoms with Crippen LogP contribution >= 0.6 is 0 Å². The highest BCUT2D eigenvalue weighted by molar-refractivity contribution is 4.92. The third kappa shape index (κ3) is 2.84. The molecule has 10 heavy (non-hydrogen) atoms. The first-order valence-electron chi connectivity index (χ1n) is 3.89. The third-order valence-electron chi connectivity index (χ3n) is 1.78. The first-order valence-corrected chi connectivity index (χ1v) is 3.89. The number of hydrogen-bond donors (Lipinski definition) is 1. The molecule has 2 unspecified atom stereocenters. The van der Waals surface area contributed by atoms with E-state index in [0.29, 0.717) is 5.92 Å². The van der Waals surface area contributed by atoms with E-state index < -0.39 is 0 Å². The van der Waals surface area contributed by atoms with Gasteiger partial charge < -0.3 is 5.32 Å². The molecule has 0 aromatic heterocycles. The van der Waals surface area contributed by atoms with Crippen molar-refractivity contribution < 1.29 is 0 Å². The van der Waals surface area contributed by atoms with Crippen molar-refractivity contribution in [2.24, 2.45) is 5.92 Å². The number of nitriles is 1. The summed E-state index contributed by atoms with van der Waals surface area (Å²) < 4.78 is 0. The van der Waals surface area contributed by atoms with E-state index in [0.717, 1.165) is 13.0 Å². The van der Waals surface area contributed by atoms with E-state index in [4.69, 9.17) is 5.26 Å². The molecule has 0 heterocycles. The number of hydrogen-bond acceptors (Lipinski definition) is 2. The predicted octanol–water partition coefficient (Wildman–Crippen LogP) is 1.53. The largest absolute Gasteiger partial charge is 0.302 e. The fourth-order valence-electron chi connectivity index (χ4n) is 0.830. The number of nitrogens with one attached hydrogen (secondary N) is 1. The van der Waals surface area contributed by atoms with Crippen molar-refractivity contribution in [1.82, 2.24) is 5.32 Å². The summed E-state index contributed by atoms with van der Waals surface area (Å²) in [6.07, 6.45) is 1.06. The van der Waals surface area contributed by atoms with E-state index in [9.17, 15) is 0 Å². The highest BCUT2D eigenvalue weighted by Gasteiger charge is 2.11. The smallest absolute Gasteiger partial charge is 0.0978 e. The number of rotatable bonds is 4. The molecule has 2 nitrogen and oxygen atoms in total. The lowest BCUT2D eigenvalue weighted by molar-refractivity contribution is 0.439. The molecule has 0 fully saturated rings. The summed E-state index contributed by atoms with van der Waals surface area (Å²) in [5, 5.41) is 11.8. The van der Waals surface area contributed by atoms with Crippen LogP contribution in [0.15, 0.2) is 0 Å². The minimum Gasteiger partial charge on any atom is -0.302 e. The summed E-state index contributed by atoms with van der Waals surface area (Å²) in [4.78, 5) is 0. The maximum absolute atomic E-state index is 8.65. The van der Waals surface area contributed by atoms with E-state index in [2.05, 4.69) is 25.2 Å². The van der Waals surface area contributed by atoms with Crippen LogP contribution < -0.4 is 5.32 Å². The van der Waals surface area contributed by atoms with Gasteiger partial charge in [0.05, 0.1) is 12.1 Å². The molecule has 0 saturated carbocycles. The van der Waals surface area contributed by atoms with Crippen LogP contribution in [0.5, 0.6) is 0 Å². The Morgan fingerprint density at radius 2 is 2.10 bits per heavy atom. The zero-order valence-electron chi connectivity index (χ0n) is 7.02. The fraction of sp³-hybridized carbons (Fsp3) is 0.875. The molecular weight excluding hydrogens is 124 g/mol. The Labute approximate surface area is 63.2 Å². The van der Waals surface area contributed by atoms with Crippen molar-refractivity contribution in [3.05, 3.63) is 0 Å². The third-order valence-corrected chi connectivity index (χ3v) is 1.78. The van der Waals surface area contributed by atoms with Gasteiger partial charge in [0.25, 0.3) is 0 Å². The van der Waals surface area contributed by atoms with Crippen LogP contribution in [0.25, 0.3) is 0 Å². The molecule has 0 saturated heterocycles. The average Bonchev–Trinajstić information content (AvgIpc) is 1.99. The van der Waals surface area contributed by atoms with Crippen LogP contribution in [0.3, 0.4) is 0 Å². The Morgan fingerprint density at radius 3 is 2.40 bits per heavy atom. The summed E-state index contributed by atoms with van der Waals surface area (Å²) in [5.41, 5.74) is 0. The van der Waals surface area contributed by atoms with Gasteiger partial charge in [-0.15, -0.1) is 0 Å². The maximum Gasteiger partial charge on any atom is 0.0978 e. The van der Waals surface area contributed by atoms with Gasteiger partial charge in [-0.05, 0) is 12.5 Å². The van der Waals surface area contributed by atoms with Crippen molar-refractivity contribution in [3.63, 3.8) is 0 Å². The van der Waals surface area contributed by atoms with E-state index in [-0.39, 0.29) is 6.04 Å². The minimum atomic E-state index is 0.0370. The van der Waals surface area contributed by atoms with Crippen molar-refractivity contribution in [2.45, 2.75) is 33.2 Å². The van der Waals surface area contributed by atoms with Gasteiger partial charge >= 0.3 is 0 Å². The summed E-state index contributed by atoms with van der Waals surface area (Å²) >= 11 is 0. The zero-order chi connectivity index (χ0) is 7.98. The standard InChI is InChI=1S/C8H16N2/c1-4-7(3)8(6-9)10-5-2/h7-8,10H,4-5H2,1-3H3. The zero-order valence-corrected chi connectivity index (χ0v) is 7.02. The van der Waals surface area contributed by atoms with Crippen LogP contribution in [-0.4, -0.2) is 12.6 Å². The van der Waals surface area contributed by atoms with Gasteiger partial charge in [0.2, 0.25) is 0 Å². The van der Waals surface area contributed by atoms with Gasteiger partial charge in [-0.25, -0.2) is 0 Å². The predicted molar refractivity (Wildman–Crippen MR) is 42.5 cm³/mol. The molecule has 0 rings (SSSR count). The second-order valence-corrected chi connectivity index (χ2v) is 2.55. The van der Waals surface area contributed by atoms with Crippen molar-refractivity contribution in [1.29, 1.82) is 5.26 Å². The normalized spacial score (nSPS) is 15.8. The van der Waals surface area contributed by atoms with Crippen LogP contribution in [0, 0.1) is 17.2 Å². The quantitative estimate of drug-likeness (QED) is 0.643. The number of nitrogens with zero attached hydrogens (tertiary/aromatic N) is 1. The molecule has 0 aromatic carbocycles. The fourth-order valence-corrected chi connectivity index (χ4v) is 0.830. The van der Waals surface area contributed by atoms with E-state index >= 15 is 0 Å². The molecule has 0 aliphatic heterocycles. The van der Waals surface area contributed by atoms with Crippen molar-refractivity contribution >= 4 is 0 Å². The Balaban J connectivity index is 3.71. The van der Waals surface area contributed by atoms with Crippen LogP contribution in [0.2, 0.25) is 0 Å². The van der Waals surface area contributed by atoms with Gasteiger partial charge in [-0.3, -0.25) is 0 Å². The van der Waals surface area contributed by atoms with E-state index in [1.807, 2.05) is 6.92 Å². The second kappa shape index (κ2) is 5.25. The molecule has 0 aromatic rings. The van der Waals surface area contributed by atoms with E-state index in [1.54, 1.807) is 0 Å². The summed E-state index contributed by atoms with van der Waals surface area (Å²) in [6, 6.07) is 2.28. The van der Waals surface area contributed by atoms with Crippen molar-refractivity contribution in [3.8, 4) is 6.07 Å². The van der Waals surface area contributed by atoms with Gasteiger partial charge in [0, 0.05) is 0 Å². The summed E-state index contributed by atoms with van der Waals surface area (Å²) in [6.45, 7) is 7.10. The molecule has 0 aliphatic carbocycles. The van der Waals surface area contributed by atoms with Gasteiger partial charge in [-0.1, -0.05) is 27.2 Å². The van der Waals surface area contributed by atoms with Crippen LogP contribution in [0.4, 0.5) is 0 Å². The molecule has 0 spiro atoms. The highest BCUT2D eigenvalue weighted by Crippen LogP contribution is 2.05. The lowest BCUT2D eigenvalue weighted by atomic mass is 10.0. The molecule has 58 valence electrons. The monoisotopic (exact) mass is 140 g/mol. The molecule has 2 heteroatoms. The van der Waals surface area contributed by atoms with Crippen molar-refractivity contribution in [2.75, 3.05) is 6.54 Å². The Kier molecular flexibility index (Phi) is 4.96. The Morgan fingerprint density at radius 1 is 1.50 bits per heavy atom. The minimum absolute atomic E-state index is 0.0370. The van der Waals surface area contributed by atoms with Gasteiger partial charge in [0.15, 0.2) is 0 Å². The van der Waals surface area contributed by atoms with Gasteiger partial charge in [-0.2, -0.15) is 5.26 Å². The molecule has 0 radical (unpaired) electrons. The second-order valence-electron chi connectivity index (χ2n) is 2.55. The first-order chi connectivity index (χ1) is 4.76. The highest BCUT2D eigenvalue weighted by atomic mass is 14.9. The Bertz CT molecular complexity index is 115.